The van der Waals surface area contributed by atoms with Gasteiger partial charge < -0.3 is 4.42 Å². The molecule has 6 heteroatoms. The van der Waals surface area contributed by atoms with Crippen LogP contribution in [-0.4, -0.2) is 25.4 Å². The van der Waals surface area contributed by atoms with Gasteiger partial charge in [0.25, 0.3) is 5.78 Å². The number of Topliss-reactive ketones (excluding diaryl/α,β-unsaturated/α-hetero) is 1. The fourth-order valence-corrected chi connectivity index (χ4v) is 3.85. The first kappa shape index (κ1) is 16.9. The Balaban J connectivity index is 1.56. The Morgan fingerprint density at radius 3 is 2.68 bits per heavy atom. The van der Waals surface area contributed by atoms with E-state index in [1.54, 1.807) is 23.0 Å². The molecule has 28 heavy (non-hydrogen) atoms. The second-order valence-electron chi connectivity index (χ2n) is 7.59. The number of carbonyl (C=O) groups excluding carboxylic acids is 1. The minimum Gasteiger partial charge on any atom is -0.461 e. The summed E-state index contributed by atoms with van der Waals surface area (Å²) >= 11 is 0. The molecule has 1 unspecified atom stereocenters. The van der Waals surface area contributed by atoms with E-state index >= 15 is 0 Å². The molecule has 4 aromatic rings. The van der Waals surface area contributed by atoms with Gasteiger partial charge in [-0.3, -0.25) is 4.79 Å². The van der Waals surface area contributed by atoms with Crippen molar-refractivity contribution in [3.8, 4) is 11.6 Å². The minimum atomic E-state index is 0.101. The van der Waals surface area contributed by atoms with Crippen LogP contribution in [0, 0.1) is 0 Å². The Morgan fingerprint density at radius 2 is 1.96 bits per heavy atom. The summed E-state index contributed by atoms with van der Waals surface area (Å²) in [6.45, 7) is 4.36. The number of hydrogen-bond acceptors (Lipinski definition) is 5. The highest BCUT2D eigenvalue weighted by Crippen LogP contribution is 2.33. The Hall–Kier alpha value is -3.28. The summed E-state index contributed by atoms with van der Waals surface area (Å²) in [5.41, 5.74) is 3.99. The highest BCUT2D eigenvalue weighted by atomic mass is 16.3. The van der Waals surface area contributed by atoms with E-state index in [9.17, 15) is 4.79 Å². The van der Waals surface area contributed by atoms with Crippen molar-refractivity contribution in [1.29, 1.82) is 0 Å². The van der Waals surface area contributed by atoms with Crippen LogP contribution in [0.2, 0.25) is 0 Å². The lowest BCUT2D eigenvalue weighted by atomic mass is 9.81. The second kappa shape index (κ2) is 6.41. The van der Waals surface area contributed by atoms with Crippen LogP contribution in [0.5, 0.6) is 0 Å². The van der Waals surface area contributed by atoms with E-state index in [0.717, 1.165) is 12.1 Å². The zero-order chi connectivity index (χ0) is 19.3. The van der Waals surface area contributed by atoms with Gasteiger partial charge in [-0.2, -0.15) is 9.50 Å². The Labute approximate surface area is 162 Å². The van der Waals surface area contributed by atoms with Crippen LogP contribution in [0.3, 0.4) is 0 Å². The lowest BCUT2D eigenvalue weighted by molar-refractivity contribution is 0.0962. The van der Waals surface area contributed by atoms with Crippen molar-refractivity contribution in [3.05, 3.63) is 71.2 Å². The van der Waals surface area contributed by atoms with Gasteiger partial charge in [-0.25, -0.2) is 4.98 Å². The molecule has 6 nitrogen and oxygen atoms in total. The molecule has 0 amide bonds. The number of ketones is 1. The molecule has 0 radical (unpaired) electrons. The van der Waals surface area contributed by atoms with Gasteiger partial charge in [0, 0.05) is 12.6 Å². The number of furan rings is 1. The van der Waals surface area contributed by atoms with E-state index in [1.807, 2.05) is 6.07 Å². The van der Waals surface area contributed by atoms with Crippen LogP contribution in [0.4, 0.5) is 0 Å². The quantitative estimate of drug-likeness (QED) is 0.532. The van der Waals surface area contributed by atoms with E-state index in [1.165, 1.54) is 11.1 Å². The molecule has 3 heterocycles. The molecule has 140 valence electrons. The second-order valence-corrected chi connectivity index (χ2v) is 7.59. The van der Waals surface area contributed by atoms with Gasteiger partial charge >= 0.3 is 0 Å². The predicted molar refractivity (Wildman–Crippen MR) is 104 cm³/mol. The highest BCUT2D eigenvalue weighted by molar-refractivity contribution is 5.98. The molecule has 0 bridgehead atoms. The van der Waals surface area contributed by atoms with Gasteiger partial charge in [0.05, 0.1) is 17.5 Å². The highest BCUT2D eigenvalue weighted by Gasteiger charge is 2.29. The average Bonchev–Trinajstić information content (AvgIpc) is 3.37. The molecule has 1 aliphatic rings. The SMILES string of the molecule is CC(C)c1ccc(C2CC(=O)c3cnc4nc(-c5ccco5)nn4c3C2)cc1. The maximum atomic E-state index is 12.8. The summed E-state index contributed by atoms with van der Waals surface area (Å²) < 4.78 is 7.10. The molecule has 0 saturated carbocycles. The fraction of sp³-hybridized carbons (Fsp3) is 0.273. The van der Waals surface area contributed by atoms with Crippen LogP contribution in [0.15, 0.2) is 53.3 Å². The van der Waals surface area contributed by atoms with Crippen LogP contribution in [0.25, 0.3) is 17.4 Å². The fourth-order valence-electron chi connectivity index (χ4n) is 3.85. The molecule has 3 aromatic heterocycles. The summed E-state index contributed by atoms with van der Waals surface area (Å²) in [4.78, 5) is 21.6. The number of nitrogens with zero attached hydrogens (tertiary/aromatic N) is 4. The first-order valence-electron chi connectivity index (χ1n) is 9.51. The number of hydrogen-bond donors (Lipinski definition) is 0. The molecule has 0 N–H and O–H groups in total. The summed E-state index contributed by atoms with van der Waals surface area (Å²) in [7, 11) is 0. The van der Waals surface area contributed by atoms with Crippen LogP contribution in [-0.2, 0) is 6.42 Å². The summed E-state index contributed by atoms with van der Waals surface area (Å²) in [5.74, 6) is 2.26. The zero-order valence-electron chi connectivity index (χ0n) is 15.8. The number of benzene rings is 1. The largest absolute Gasteiger partial charge is 0.461 e. The maximum absolute atomic E-state index is 12.8. The molecular weight excluding hydrogens is 352 g/mol. The molecule has 1 aliphatic carbocycles. The van der Waals surface area contributed by atoms with Crippen molar-refractivity contribution in [3.63, 3.8) is 0 Å². The molecule has 1 aromatic carbocycles. The van der Waals surface area contributed by atoms with E-state index in [2.05, 4.69) is 53.2 Å². The zero-order valence-corrected chi connectivity index (χ0v) is 15.8. The van der Waals surface area contributed by atoms with Gasteiger partial charge in [0.1, 0.15) is 0 Å². The Bertz CT molecular complexity index is 1160. The van der Waals surface area contributed by atoms with Crippen molar-refractivity contribution >= 4 is 11.6 Å². The summed E-state index contributed by atoms with van der Waals surface area (Å²) in [6, 6.07) is 12.2. The first-order valence-corrected chi connectivity index (χ1v) is 9.51. The van der Waals surface area contributed by atoms with Crippen LogP contribution >= 0.6 is 0 Å². The Kier molecular flexibility index (Phi) is 3.86. The van der Waals surface area contributed by atoms with E-state index in [-0.39, 0.29) is 11.7 Å². The Morgan fingerprint density at radius 1 is 1.14 bits per heavy atom. The predicted octanol–water partition coefficient (Wildman–Crippen LogP) is 4.42. The van der Waals surface area contributed by atoms with E-state index < -0.39 is 0 Å². The van der Waals surface area contributed by atoms with Crippen molar-refractivity contribution in [2.24, 2.45) is 0 Å². The van der Waals surface area contributed by atoms with Gasteiger partial charge in [0.2, 0.25) is 5.82 Å². The van der Waals surface area contributed by atoms with Gasteiger partial charge in [-0.15, -0.1) is 5.10 Å². The van der Waals surface area contributed by atoms with E-state index in [4.69, 9.17) is 4.42 Å². The lowest BCUT2D eigenvalue weighted by Gasteiger charge is -2.24. The molecule has 5 rings (SSSR count). The molecule has 0 spiro atoms. The average molecular weight is 372 g/mol. The lowest BCUT2D eigenvalue weighted by Crippen LogP contribution is -2.22. The number of carbonyl (C=O) groups is 1. The first-order chi connectivity index (χ1) is 13.6. The molecular formula is C22H20N4O2. The third-order valence-electron chi connectivity index (χ3n) is 5.45. The molecule has 1 atom stereocenters. The number of fused-ring (bicyclic) bond motifs is 3. The molecule has 0 aliphatic heterocycles. The van der Waals surface area contributed by atoms with Crippen molar-refractivity contribution in [2.45, 2.75) is 38.5 Å². The smallest absolute Gasteiger partial charge is 0.253 e. The molecule has 0 fully saturated rings. The van der Waals surface area contributed by atoms with Crippen molar-refractivity contribution in [1.82, 2.24) is 19.6 Å². The molecule has 0 saturated heterocycles. The third-order valence-corrected chi connectivity index (χ3v) is 5.45. The number of aromatic nitrogens is 4. The van der Waals surface area contributed by atoms with Crippen LogP contribution < -0.4 is 0 Å². The van der Waals surface area contributed by atoms with Crippen molar-refractivity contribution in [2.75, 3.05) is 0 Å². The van der Waals surface area contributed by atoms with Gasteiger partial charge in [-0.05, 0) is 41.5 Å². The standard InChI is InChI=1S/C22H20N4O2/c1-13(2)14-5-7-15(8-6-14)16-10-18-17(19(27)11-16)12-23-22-24-21(25-26(18)22)20-4-3-9-28-20/h3-9,12-13,16H,10-11H2,1-2H3. The normalized spacial score (nSPS) is 16.7. The van der Waals surface area contributed by atoms with Gasteiger partial charge in [0.15, 0.2) is 11.5 Å². The number of rotatable bonds is 3. The maximum Gasteiger partial charge on any atom is 0.253 e. The van der Waals surface area contributed by atoms with E-state index in [0.29, 0.717) is 35.3 Å². The van der Waals surface area contributed by atoms with Crippen molar-refractivity contribution < 1.29 is 9.21 Å². The minimum absolute atomic E-state index is 0.101. The topological polar surface area (TPSA) is 73.3 Å². The summed E-state index contributed by atoms with van der Waals surface area (Å²) in [6.07, 6.45) is 4.43. The summed E-state index contributed by atoms with van der Waals surface area (Å²) in [5, 5.41) is 4.57. The van der Waals surface area contributed by atoms with Gasteiger partial charge in [-0.1, -0.05) is 38.1 Å². The third kappa shape index (κ3) is 2.72. The van der Waals surface area contributed by atoms with Crippen LogP contribution in [0.1, 0.15) is 59.3 Å². The monoisotopic (exact) mass is 372 g/mol.